The minimum atomic E-state index is -0.808. The Hall–Kier alpha value is -2.30. The molecule has 180 valence electrons. The maximum absolute atomic E-state index is 13.6. The van der Waals surface area contributed by atoms with E-state index >= 15 is 0 Å². The van der Waals surface area contributed by atoms with Crippen LogP contribution in [0.2, 0.25) is 0 Å². The van der Waals surface area contributed by atoms with Crippen molar-refractivity contribution in [1.29, 1.82) is 0 Å². The molecule has 2 aromatic rings. The van der Waals surface area contributed by atoms with Crippen molar-refractivity contribution in [2.75, 3.05) is 56.7 Å². The standard InChI is InChI=1S/C24H31F2N5O.HI/c1-27-24(29-18-10-12-31(16-18)22-5-3-4-6-23(22)32-2)28-14-17-9-11-30(15-17)19-7-8-20(25)21(26)13-19;/h3-8,13,17-18H,9-12,14-16H2,1-2H3,(H2,27,28,29);1H. The first-order valence-corrected chi connectivity index (χ1v) is 11.1. The van der Waals surface area contributed by atoms with E-state index in [1.165, 1.54) is 12.1 Å². The molecule has 6 nitrogen and oxygen atoms in total. The van der Waals surface area contributed by atoms with E-state index in [4.69, 9.17) is 4.74 Å². The Morgan fingerprint density at radius 2 is 1.85 bits per heavy atom. The number of ether oxygens (including phenoxy) is 1. The molecule has 2 N–H and O–H groups in total. The molecular weight excluding hydrogens is 539 g/mol. The maximum Gasteiger partial charge on any atom is 0.191 e. The van der Waals surface area contributed by atoms with Crippen LogP contribution in [0.3, 0.4) is 0 Å². The summed E-state index contributed by atoms with van der Waals surface area (Å²) in [7, 11) is 3.48. The monoisotopic (exact) mass is 571 g/mol. The molecule has 33 heavy (non-hydrogen) atoms. The summed E-state index contributed by atoms with van der Waals surface area (Å²) >= 11 is 0. The summed E-state index contributed by atoms with van der Waals surface area (Å²) in [6.45, 7) is 4.26. The Morgan fingerprint density at radius 1 is 1.06 bits per heavy atom. The van der Waals surface area contributed by atoms with Crippen LogP contribution < -0.4 is 25.2 Å². The van der Waals surface area contributed by atoms with E-state index in [1.54, 1.807) is 20.2 Å². The maximum atomic E-state index is 13.6. The number of benzene rings is 2. The van der Waals surface area contributed by atoms with E-state index in [0.717, 1.165) is 68.6 Å². The summed E-state index contributed by atoms with van der Waals surface area (Å²) in [4.78, 5) is 8.83. The molecule has 0 saturated carbocycles. The van der Waals surface area contributed by atoms with Gasteiger partial charge in [0, 0.05) is 57.6 Å². The van der Waals surface area contributed by atoms with E-state index in [-0.39, 0.29) is 24.0 Å². The molecule has 0 aliphatic carbocycles. The van der Waals surface area contributed by atoms with Gasteiger partial charge in [-0.25, -0.2) is 8.78 Å². The number of methoxy groups -OCH3 is 1. The lowest BCUT2D eigenvalue weighted by Crippen LogP contribution is -2.46. The van der Waals surface area contributed by atoms with Gasteiger partial charge < -0.3 is 25.2 Å². The minimum absolute atomic E-state index is 0. The van der Waals surface area contributed by atoms with Crippen LogP contribution in [0.25, 0.3) is 0 Å². The number of rotatable bonds is 6. The third-order valence-corrected chi connectivity index (χ3v) is 6.29. The number of halogens is 3. The van der Waals surface area contributed by atoms with Gasteiger partial charge in [-0.15, -0.1) is 24.0 Å². The van der Waals surface area contributed by atoms with Crippen LogP contribution in [0.1, 0.15) is 12.8 Å². The number of anilines is 2. The zero-order valence-electron chi connectivity index (χ0n) is 19.1. The van der Waals surface area contributed by atoms with E-state index in [9.17, 15) is 8.78 Å². The van der Waals surface area contributed by atoms with Crippen molar-refractivity contribution < 1.29 is 13.5 Å². The van der Waals surface area contributed by atoms with Crippen molar-refractivity contribution in [2.45, 2.75) is 18.9 Å². The highest BCUT2D eigenvalue weighted by Crippen LogP contribution is 2.30. The van der Waals surface area contributed by atoms with Crippen LogP contribution in [0.15, 0.2) is 47.5 Å². The second-order valence-corrected chi connectivity index (χ2v) is 8.40. The summed E-state index contributed by atoms with van der Waals surface area (Å²) in [6.07, 6.45) is 2.01. The van der Waals surface area contributed by atoms with Crippen molar-refractivity contribution in [3.63, 3.8) is 0 Å². The van der Waals surface area contributed by atoms with Gasteiger partial charge in [-0.05, 0) is 43.0 Å². The molecule has 2 fully saturated rings. The molecule has 0 spiro atoms. The molecule has 2 saturated heterocycles. The van der Waals surface area contributed by atoms with E-state index < -0.39 is 11.6 Å². The molecule has 2 aromatic carbocycles. The summed E-state index contributed by atoms with van der Waals surface area (Å²) < 4.78 is 32.3. The third kappa shape index (κ3) is 6.18. The third-order valence-electron chi connectivity index (χ3n) is 6.29. The average molecular weight is 571 g/mol. The van der Waals surface area contributed by atoms with Crippen LogP contribution in [0.5, 0.6) is 5.75 Å². The lowest BCUT2D eigenvalue weighted by atomic mass is 10.1. The Bertz CT molecular complexity index is 960. The van der Waals surface area contributed by atoms with E-state index in [2.05, 4.69) is 31.5 Å². The predicted octanol–water partition coefficient (Wildman–Crippen LogP) is 3.86. The molecule has 0 bridgehead atoms. The second kappa shape index (κ2) is 11.7. The van der Waals surface area contributed by atoms with Crippen LogP contribution >= 0.6 is 24.0 Å². The van der Waals surface area contributed by atoms with Gasteiger partial charge in [-0.1, -0.05) is 12.1 Å². The Labute approximate surface area is 211 Å². The fourth-order valence-corrected chi connectivity index (χ4v) is 4.53. The fourth-order valence-electron chi connectivity index (χ4n) is 4.53. The van der Waals surface area contributed by atoms with Gasteiger partial charge in [0.15, 0.2) is 17.6 Å². The van der Waals surface area contributed by atoms with Crippen LogP contribution in [0, 0.1) is 17.6 Å². The van der Waals surface area contributed by atoms with Crippen molar-refractivity contribution in [2.24, 2.45) is 10.9 Å². The number of para-hydroxylation sites is 2. The van der Waals surface area contributed by atoms with Gasteiger partial charge in [0.2, 0.25) is 0 Å². The highest BCUT2D eigenvalue weighted by Gasteiger charge is 2.26. The summed E-state index contributed by atoms with van der Waals surface area (Å²) in [5.74, 6) is 0.491. The molecule has 2 aliphatic rings. The normalized spacial score (nSPS) is 20.5. The highest BCUT2D eigenvalue weighted by atomic mass is 127. The molecule has 2 atom stereocenters. The number of aliphatic imine (C=N–C) groups is 1. The molecule has 0 radical (unpaired) electrons. The van der Waals surface area contributed by atoms with Gasteiger partial charge >= 0.3 is 0 Å². The van der Waals surface area contributed by atoms with Crippen molar-refractivity contribution in [3.8, 4) is 5.75 Å². The summed E-state index contributed by atoms with van der Waals surface area (Å²) in [5.41, 5.74) is 1.85. The fraction of sp³-hybridized carbons (Fsp3) is 0.458. The lowest BCUT2D eigenvalue weighted by Gasteiger charge is -2.23. The molecule has 0 amide bonds. The quantitative estimate of drug-likeness (QED) is 0.314. The smallest absolute Gasteiger partial charge is 0.191 e. The first-order valence-electron chi connectivity index (χ1n) is 11.1. The average Bonchev–Trinajstić information content (AvgIpc) is 3.48. The first kappa shape index (κ1) is 25.3. The first-order chi connectivity index (χ1) is 15.6. The van der Waals surface area contributed by atoms with Crippen molar-refractivity contribution in [3.05, 3.63) is 54.1 Å². The largest absolute Gasteiger partial charge is 0.495 e. The Morgan fingerprint density at radius 3 is 2.61 bits per heavy atom. The van der Waals surface area contributed by atoms with Crippen LogP contribution in [-0.2, 0) is 0 Å². The van der Waals surface area contributed by atoms with Crippen molar-refractivity contribution >= 4 is 41.3 Å². The molecule has 4 rings (SSSR count). The highest BCUT2D eigenvalue weighted by molar-refractivity contribution is 14.0. The van der Waals surface area contributed by atoms with E-state index in [0.29, 0.717) is 12.0 Å². The van der Waals surface area contributed by atoms with Gasteiger partial charge in [-0.3, -0.25) is 4.99 Å². The minimum Gasteiger partial charge on any atom is -0.495 e. The van der Waals surface area contributed by atoms with Gasteiger partial charge in [-0.2, -0.15) is 0 Å². The molecule has 9 heteroatoms. The number of nitrogens with one attached hydrogen (secondary N) is 2. The Kier molecular flexibility index (Phi) is 8.99. The van der Waals surface area contributed by atoms with Crippen LogP contribution in [-0.4, -0.2) is 58.9 Å². The molecule has 0 aromatic heterocycles. The van der Waals surface area contributed by atoms with Gasteiger partial charge in [0.25, 0.3) is 0 Å². The zero-order valence-corrected chi connectivity index (χ0v) is 21.4. The molecular formula is C24H32F2IN5O. The topological polar surface area (TPSA) is 52.1 Å². The number of hydrogen-bond donors (Lipinski definition) is 2. The van der Waals surface area contributed by atoms with Crippen molar-refractivity contribution in [1.82, 2.24) is 10.6 Å². The van der Waals surface area contributed by atoms with E-state index in [1.807, 2.05) is 18.2 Å². The Balaban J connectivity index is 0.00000306. The summed E-state index contributed by atoms with van der Waals surface area (Å²) in [5, 5.41) is 6.98. The SMILES string of the molecule is CN=C(NCC1CCN(c2ccc(F)c(F)c2)C1)NC1CCN(c2ccccc2OC)C1.I. The molecule has 2 aliphatic heterocycles. The summed E-state index contributed by atoms with van der Waals surface area (Å²) in [6, 6.07) is 12.5. The van der Waals surface area contributed by atoms with Gasteiger partial charge in [0.1, 0.15) is 5.75 Å². The molecule has 2 unspecified atom stereocenters. The number of guanidine groups is 1. The van der Waals surface area contributed by atoms with Gasteiger partial charge in [0.05, 0.1) is 12.8 Å². The molecule has 2 heterocycles. The number of nitrogens with zero attached hydrogens (tertiary/aromatic N) is 3. The second-order valence-electron chi connectivity index (χ2n) is 8.40. The zero-order chi connectivity index (χ0) is 22.5. The van der Waals surface area contributed by atoms with Crippen LogP contribution in [0.4, 0.5) is 20.2 Å². The number of hydrogen-bond acceptors (Lipinski definition) is 4. The predicted molar refractivity (Wildman–Crippen MR) is 140 cm³/mol. The lowest BCUT2D eigenvalue weighted by molar-refractivity contribution is 0.415.